The van der Waals surface area contributed by atoms with Crippen molar-refractivity contribution >= 4 is 17.5 Å². The molecule has 0 aliphatic heterocycles. The second kappa shape index (κ2) is 11.9. The molecule has 0 saturated heterocycles. The lowest BCUT2D eigenvalue weighted by molar-refractivity contribution is 0.0688. The molecule has 37 heavy (non-hydrogen) atoms. The second-order valence-electron chi connectivity index (χ2n) is 9.55. The van der Waals surface area contributed by atoms with Gasteiger partial charge in [-0.1, -0.05) is 19.9 Å². The molecule has 0 spiro atoms. The van der Waals surface area contributed by atoms with Crippen LogP contribution in [0, 0.1) is 17.2 Å². The van der Waals surface area contributed by atoms with E-state index in [0.717, 1.165) is 43.5 Å². The number of hydrogen-bond donors (Lipinski definition) is 1. The number of anilines is 2. The van der Waals surface area contributed by atoms with Crippen molar-refractivity contribution in [3.63, 3.8) is 0 Å². The number of nitriles is 1. The molecule has 1 saturated carbocycles. The summed E-state index contributed by atoms with van der Waals surface area (Å²) >= 11 is 0. The Morgan fingerprint density at radius 3 is 2.81 bits per heavy atom. The fourth-order valence-corrected chi connectivity index (χ4v) is 4.49. The lowest BCUT2D eigenvalue weighted by Crippen LogP contribution is -2.38. The Labute approximate surface area is 218 Å². The fourth-order valence-electron chi connectivity index (χ4n) is 4.49. The molecule has 194 valence electrons. The van der Waals surface area contributed by atoms with Crippen LogP contribution in [-0.2, 0) is 0 Å². The van der Waals surface area contributed by atoms with Crippen LogP contribution < -0.4 is 10.1 Å². The molecular formula is C28H35N7O2. The average molecular weight is 502 g/mol. The van der Waals surface area contributed by atoms with E-state index in [9.17, 15) is 10.1 Å². The number of nitrogens with one attached hydrogen (secondary N) is 1. The smallest absolute Gasteiger partial charge is 0.254 e. The van der Waals surface area contributed by atoms with Gasteiger partial charge in [-0.25, -0.2) is 9.97 Å². The van der Waals surface area contributed by atoms with Crippen molar-refractivity contribution in [3.05, 3.63) is 48.4 Å². The minimum Gasteiger partial charge on any atom is -0.493 e. The van der Waals surface area contributed by atoms with Gasteiger partial charge in [0, 0.05) is 35.6 Å². The summed E-state index contributed by atoms with van der Waals surface area (Å²) in [6.45, 7) is 6.98. The van der Waals surface area contributed by atoms with Gasteiger partial charge in [0.05, 0.1) is 38.0 Å². The Kier molecular flexibility index (Phi) is 8.39. The first kappa shape index (κ1) is 26.1. The molecule has 1 aromatic carbocycles. The SMILES string of the molecule is CCCN(C(=O)c1cccc(Nc2ncc(OC)c(-c3cnn(C(CC#N)C4CC4)c3)n2)c1)[C@H](C)CC. The molecule has 1 fully saturated rings. The summed E-state index contributed by atoms with van der Waals surface area (Å²) in [5.74, 6) is 1.43. The molecule has 2 heterocycles. The van der Waals surface area contributed by atoms with Gasteiger partial charge < -0.3 is 15.0 Å². The number of benzene rings is 1. The van der Waals surface area contributed by atoms with E-state index in [4.69, 9.17) is 9.72 Å². The number of carbonyl (C=O) groups is 1. The van der Waals surface area contributed by atoms with Gasteiger partial charge in [0.2, 0.25) is 5.95 Å². The predicted octanol–water partition coefficient (Wildman–Crippen LogP) is 5.61. The quantitative estimate of drug-likeness (QED) is 0.344. The van der Waals surface area contributed by atoms with Crippen molar-refractivity contribution in [1.82, 2.24) is 24.6 Å². The van der Waals surface area contributed by atoms with Crippen molar-refractivity contribution in [2.75, 3.05) is 19.0 Å². The van der Waals surface area contributed by atoms with Gasteiger partial charge in [0.25, 0.3) is 5.91 Å². The Morgan fingerprint density at radius 1 is 1.32 bits per heavy atom. The van der Waals surface area contributed by atoms with Crippen LogP contribution >= 0.6 is 0 Å². The Hall–Kier alpha value is -3.93. The van der Waals surface area contributed by atoms with Gasteiger partial charge in [-0.2, -0.15) is 10.4 Å². The van der Waals surface area contributed by atoms with Crippen LogP contribution in [0.1, 0.15) is 69.3 Å². The summed E-state index contributed by atoms with van der Waals surface area (Å²) in [6.07, 6.45) is 9.79. The maximum Gasteiger partial charge on any atom is 0.254 e. The van der Waals surface area contributed by atoms with Gasteiger partial charge >= 0.3 is 0 Å². The van der Waals surface area contributed by atoms with Crippen molar-refractivity contribution in [2.24, 2.45) is 5.92 Å². The highest BCUT2D eigenvalue weighted by Crippen LogP contribution is 2.41. The van der Waals surface area contributed by atoms with Gasteiger partial charge in [-0.3, -0.25) is 9.48 Å². The highest BCUT2D eigenvalue weighted by molar-refractivity contribution is 5.95. The monoisotopic (exact) mass is 501 g/mol. The molecule has 2 atom stereocenters. The summed E-state index contributed by atoms with van der Waals surface area (Å²) in [5.41, 5.74) is 2.74. The van der Waals surface area contributed by atoms with Crippen molar-refractivity contribution in [3.8, 4) is 23.1 Å². The fraction of sp³-hybridized carbons (Fsp3) is 0.464. The molecular weight excluding hydrogens is 466 g/mol. The standard InChI is InChI=1S/C28H35N7O2/c1-5-14-34(19(3)6-2)27(36)21-8-7-9-23(15-21)32-28-30-17-25(37-4)26(33-28)22-16-31-35(18-22)24(12-13-29)20-10-11-20/h7-9,15-20,24H,5-6,10-12,14H2,1-4H3,(H,30,32,33)/t19-,24?/m1/s1. The summed E-state index contributed by atoms with van der Waals surface area (Å²) < 4.78 is 7.40. The summed E-state index contributed by atoms with van der Waals surface area (Å²) in [5, 5.41) is 17.0. The molecule has 9 heteroatoms. The van der Waals surface area contributed by atoms with E-state index >= 15 is 0 Å². The van der Waals surface area contributed by atoms with E-state index in [-0.39, 0.29) is 18.0 Å². The first-order valence-electron chi connectivity index (χ1n) is 13.0. The topological polar surface area (TPSA) is 109 Å². The Morgan fingerprint density at radius 2 is 2.14 bits per heavy atom. The minimum absolute atomic E-state index is 0.0196. The number of methoxy groups -OCH3 is 1. The lowest BCUT2D eigenvalue weighted by Gasteiger charge is -2.28. The minimum atomic E-state index is 0.0196. The van der Waals surface area contributed by atoms with Crippen LogP contribution in [-0.4, -0.2) is 50.3 Å². The lowest BCUT2D eigenvalue weighted by atomic mass is 10.1. The van der Waals surface area contributed by atoms with E-state index in [1.54, 1.807) is 19.5 Å². The molecule has 9 nitrogen and oxygen atoms in total. The highest BCUT2D eigenvalue weighted by Gasteiger charge is 2.33. The van der Waals surface area contributed by atoms with E-state index in [0.29, 0.717) is 35.3 Å². The van der Waals surface area contributed by atoms with Gasteiger partial charge in [0.1, 0.15) is 5.69 Å². The summed E-state index contributed by atoms with van der Waals surface area (Å²) in [6, 6.07) is 9.95. The van der Waals surface area contributed by atoms with E-state index in [1.165, 1.54) is 0 Å². The van der Waals surface area contributed by atoms with E-state index in [2.05, 4.69) is 42.2 Å². The zero-order valence-corrected chi connectivity index (χ0v) is 22.0. The number of ether oxygens (including phenoxy) is 1. The third-order valence-electron chi connectivity index (χ3n) is 6.87. The number of nitrogens with zero attached hydrogens (tertiary/aromatic N) is 6. The molecule has 0 radical (unpaired) electrons. The van der Waals surface area contributed by atoms with Crippen LogP contribution in [0.25, 0.3) is 11.3 Å². The predicted molar refractivity (Wildman–Crippen MR) is 143 cm³/mol. The van der Waals surface area contributed by atoms with Crippen LogP contribution in [0.15, 0.2) is 42.9 Å². The summed E-state index contributed by atoms with van der Waals surface area (Å²) in [7, 11) is 1.58. The number of aromatic nitrogens is 4. The molecule has 0 bridgehead atoms. The van der Waals surface area contributed by atoms with Crippen LogP contribution in [0.2, 0.25) is 0 Å². The first-order valence-corrected chi connectivity index (χ1v) is 13.0. The van der Waals surface area contributed by atoms with Crippen molar-refractivity contribution in [2.45, 2.75) is 65.0 Å². The maximum atomic E-state index is 13.2. The summed E-state index contributed by atoms with van der Waals surface area (Å²) in [4.78, 5) is 24.3. The zero-order chi connectivity index (χ0) is 26.4. The van der Waals surface area contributed by atoms with Crippen LogP contribution in [0.5, 0.6) is 5.75 Å². The van der Waals surface area contributed by atoms with E-state index in [1.807, 2.05) is 40.0 Å². The number of rotatable bonds is 12. The molecule has 3 aromatic rings. The molecule has 1 aliphatic rings. The largest absolute Gasteiger partial charge is 0.493 e. The normalized spacial score (nSPS) is 14.5. The number of amides is 1. The van der Waals surface area contributed by atoms with Crippen LogP contribution in [0.4, 0.5) is 11.6 Å². The third kappa shape index (κ3) is 6.08. The number of carbonyl (C=O) groups excluding carboxylic acids is 1. The van der Waals surface area contributed by atoms with Crippen molar-refractivity contribution in [1.29, 1.82) is 5.26 Å². The van der Waals surface area contributed by atoms with Crippen LogP contribution in [0.3, 0.4) is 0 Å². The molecule has 1 aliphatic carbocycles. The second-order valence-corrected chi connectivity index (χ2v) is 9.55. The number of hydrogen-bond acceptors (Lipinski definition) is 7. The first-order chi connectivity index (χ1) is 18.0. The zero-order valence-electron chi connectivity index (χ0n) is 22.0. The maximum absolute atomic E-state index is 13.2. The molecule has 1 N–H and O–H groups in total. The molecule has 1 unspecified atom stereocenters. The Balaban J connectivity index is 1.57. The molecule has 4 rings (SSSR count). The van der Waals surface area contributed by atoms with Gasteiger partial charge in [-0.15, -0.1) is 0 Å². The van der Waals surface area contributed by atoms with Crippen molar-refractivity contribution < 1.29 is 9.53 Å². The van der Waals surface area contributed by atoms with Gasteiger partial charge in [-0.05, 0) is 56.7 Å². The third-order valence-corrected chi connectivity index (χ3v) is 6.87. The van der Waals surface area contributed by atoms with E-state index < -0.39 is 0 Å². The molecule has 2 aromatic heterocycles. The Bertz CT molecular complexity index is 1260. The highest BCUT2D eigenvalue weighted by atomic mass is 16.5. The molecule has 1 amide bonds. The van der Waals surface area contributed by atoms with Gasteiger partial charge in [0.15, 0.2) is 5.75 Å². The average Bonchev–Trinajstić information content (AvgIpc) is 3.65.